The van der Waals surface area contributed by atoms with Crippen molar-refractivity contribution in [2.45, 2.75) is 52.6 Å². The van der Waals surface area contributed by atoms with Gasteiger partial charge < -0.3 is 10.1 Å². The van der Waals surface area contributed by atoms with Crippen LogP contribution in [0, 0.1) is 6.92 Å². The first kappa shape index (κ1) is 20.0. The van der Waals surface area contributed by atoms with E-state index >= 15 is 0 Å². The highest BCUT2D eigenvalue weighted by Gasteiger charge is 2.24. The van der Waals surface area contributed by atoms with Crippen molar-refractivity contribution in [3.8, 4) is 0 Å². The lowest BCUT2D eigenvalue weighted by Crippen LogP contribution is -2.49. The Morgan fingerprint density at radius 2 is 2.00 bits per heavy atom. The van der Waals surface area contributed by atoms with E-state index in [0.29, 0.717) is 22.3 Å². The van der Waals surface area contributed by atoms with Crippen molar-refractivity contribution in [2.75, 3.05) is 6.61 Å². The number of imide groups is 1. The lowest BCUT2D eigenvalue weighted by molar-refractivity contribution is -0.123. The second kappa shape index (κ2) is 7.34. The quantitative estimate of drug-likeness (QED) is 0.746. The Morgan fingerprint density at radius 1 is 1.29 bits per heavy atom. The Balaban J connectivity index is 1.70. The van der Waals surface area contributed by atoms with Crippen molar-refractivity contribution < 1.29 is 19.1 Å². The van der Waals surface area contributed by atoms with Crippen molar-refractivity contribution in [1.29, 1.82) is 0 Å². The van der Waals surface area contributed by atoms with Crippen LogP contribution in [0.5, 0.6) is 0 Å². The highest BCUT2D eigenvalue weighted by Crippen LogP contribution is 2.29. The van der Waals surface area contributed by atoms with Crippen LogP contribution in [-0.2, 0) is 22.5 Å². The molecule has 1 aliphatic rings. The topological polar surface area (TPSA) is 119 Å². The van der Waals surface area contributed by atoms with E-state index in [1.165, 1.54) is 0 Å². The van der Waals surface area contributed by atoms with E-state index in [-0.39, 0.29) is 10.4 Å². The molecule has 1 aliphatic heterocycles. The summed E-state index contributed by atoms with van der Waals surface area (Å²) >= 11 is 1.08. The summed E-state index contributed by atoms with van der Waals surface area (Å²) in [6.07, 6.45) is 1.62. The SMILES string of the molecule is Cc1c(C(=O)OCC(=O)NC(=O)NC(C)(C)C)sc2nc3n(c(=O)c12)CCC3. The largest absolute Gasteiger partial charge is 0.451 e. The first-order valence-electron chi connectivity index (χ1n) is 8.89. The number of esters is 1. The summed E-state index contributed by atoms with van der Waals surface area (Å²) in [4.78, 5) is 53.7. The minimum atomic E-state index is -0.744. The van der Waals surface area contributed by atoms with Crippen molar-refractivity contribution >= 4 is 39.5 Å². The predicted octanol–water partition coefficient (Wildman–Crippen LogP) is 1.49. The van der Waals surface area contributed by atoms with Gasteiger partial charge in [-0.1, -0.05) is 0 Å². The molecule has 0 fully saturated rings. The molecule has 2 N–H and O–H groups in total. The molecule has 2 aromatic heterocycles. The number of aromatic nitrogens is 2. The van der Waals surface area contributed by atoms with Gasteiger partial charge in [-0.05, 0) is 39.7 Å². The number of thiophene rings is 1. The molecule has 0 saturated heterocycles. The summed E-state index contributed by atoms with van der Waals surface area (Å²) < 4.78 is 6.65. The number of hydrogen-bond acceptors (Lipinski definition) is 7. The van der Waals surface area contributed by atoms with Gasteiger partial charge in [-0.15, -0.1) is 11.3 Å². The van der Waals surface area contributed by atoms with Crippen LogP contribution in [0.2, 0.25) is 0 Å². The fraction of sp³-hybridized carbons (Fsp3) is 0.500. The smallest absolute Gasteiger partial charge is 0.349 e. The fourth-order valence-electron chi connectivity index (χ4n) is 3.00. The lowest BCUT2D eigenvalue weighted by atomic mass is 10.1. The molecule has 3 rings (SSSR count). The molecule has 0 radical (unpaired) electrons. The molecule has 0 atom stereocenters. The van der Waals surface area contributed by atoms with Crippen molar-refractivity contribution in [1.82, 2.24) is 20.2 Å². The number of ether oxygens (including phenoxy) is 1. The molecule has 0 unspecified atom stereocenters. The molecule has 9 nitrogen and oxygen atoms in total. The number of nitrogens with zero attached hydrogens (tertiary/aromatic N) is 2. The predicted molar refractivity (Wildman–Crippen MR) is 104 cm³/mol. The number of urea groups is 1. The summed E-state index contributed by atoms with van der Waals surface area (Å²) in [6.45, 7) is 7.00. The monoisotopic (exact) mass is 406 g/mol. The highest BCUT2D eigenvalue weighted by molar-refractivity contribution is 7.20. The fourth-order valence-corrected chi connectivity index (χ4v) is 4.09. The molecule has 150 valence electrons. The maximum atomic E-state index is 12.6. The number of rotatable bonds is 3. The van der Waals surface area contributed by atoms with Crippen LogP contribution in [0.3, 0.4) is 0 Å². The van der Waals surface area contributed by atoms with Crippen molar-refractivity contribution in [3.05, 3.63) is 26.6 Å². The molecular weight excluding hydrogens is 384 g/mol. The van der Waals surface area contributed by atoms with Crippen LogP contribution in [0.1, 0.15) is 48.3 Å². The molecule has 0 bridgehead atoms. The van der Waals surface area contributed by atoms with Crippen molar-refractivity contribution in [3.63, 3.8) is 0 Å². The second-order valence-electron chi connectivity index (χ2n) is 7.65. The number of hydrogen-bond donors (Lipinski definition) is 2. The third-order valence-electron chi connectivity index (χ3n) is 4.17. The minimum absolute atomic E-state index is 0.151. The van der Waals surface area contributed by atoms with Crippen LogP contribution in [-0.4, -0.2) is 39.6 Å². The third kappa shape index (κ3) is 4.06. The van der Waals surface area contributed by atoms with Crippen LogP contribution in [0.25, 0.3) is 10.2 Å². The van der Waals surface area contributed by atoms with Crippen LogP contribution >= 0.6 is 11.3 Å². The lowest BCUT2D eigenvalue weighted by Gasteiger charge is -2.20. The Bertz CT molecular complexity index is 1030. The van der Waals surface area contributed by atoms with Gasteiger partial charge in [-0.25, -0.2) is 14.6 Å². The van der Waals surface area contributed by atoms with E-state index in [1.807, 2.05) is 0 Å². The van der Waals surface area contributed by atoms with Gasteiger partial charge in [0.25, 0.3) is 11.5 Å². The van der Waals surface area contributed by atoms with Gasteiger partial charge >= 0.3 is 12.0 Å². The van der Waals surface area contributed by atoms with E-state index in [0.717, 1.165) is 30.0 Å². The van der Waals surface area contributed by atoms with E-state index in [1.54, 1.807) is 32.3 Å². The van der Waals surface area contributed by atoms with E-state index in [2.05, 4.69) is 15.6 Å². The first-order valence-corrected chi connectivity index (χ1v) is 9.70. The number of carbonyl (C=O) groups excluding carboxylic acids is 3. The molecule has 28 heavy (non-hydrogen) atoms. The Labute approximate surface area is 165 Å². The number of amides is 3. The zero-order valence-electron chi connectivity index (χ0n) is 16.2. The molecule has 0 aliphatic carbocycles. The molecule has 2 aromatic rings. The van der Waals surface area contributed by atoms with Crippen LogP contribution in [0.15, 0.2) is 4.79 Å². The molecule has 10 heteroatoms. The standard InChI is InChI=1S/C18H22N4O5S/c1-9-12-14(19-10-6-5-7-22(10)15(12)24)28-13(9)16(25)27-8-11(23)20-17(26)21-18(2,3)4/h5-8H2,1-4H3,(H2,20,21,23,26). The number of nitrogens with one attached hydrogen (secondary N) is 2. The van der Waals surface area contributed by atoms with Gasteiger partial charge in [0.2, 0.25) is 0 Å². The van der Waals surface area contributed by atoms with Gasteiger partial charge in [0.15, 0.2) is 6.61 Å². The molecule has 3 heterocycles. The zero-order valence-corrected chi connectivity index (χ0v) is 17.0. The van der Waals surface area contributed by atoms with E-state index in [4.69, 9.17) is 4.74 Å². The summed E-state index contributed by atoms with van der Waals surface area (Å²) in [6, 6.07) is -0.668. The van der Waals surface area contributed by atoms with E-state index < -0.39 is 30.1 Å². The Hall–Kier alpha value is -2.75. The molecule has 0 spiro atoms. The summed E-state index contributed by atoms with van der Waals surface area (Å²) in [5, 5.41) is 5.08. The van der Waals surface area contributed by atoms with Crippen LogP contribution < -0.4 is 16.2 Å². The highest BCUT2D eigenvalue weighted by atomic mass is 32.1. The zero-order chi connectivity index (χ0) is 20.6. The Kier molecular flexibility index (Phi) is 5.24. The number of carbonyl (C=O) groups is 3. The van der Waals surface area contributed by atoms with Gasteiger partial charge in [-0.2, -0.15) is 0 Å². The van der Waals surface area contributed by atoms with Gasteiger partial charge in [0.1, 0.15) is 15.5 Å². The molecular formula is C18H22N4O5S. The van der Waals surface area contributed by atoms with Gasteiger partial charge in [0.05, 0.1) is 5.39 Å². The third-order valence-corrected chi connectivity index (χ3v) is 5.34. The second-order valence-corrected chi connectivity index (χ2v) is 8.65. The summed E-state index contributed by atoms with van der Waals surface area (Å²) in [7, 11) is 0. The van der Waals surface area contributed by atoms with Crippen molar-refractivity contribution in [2.24, 2.45) is 0 Å². The van der Waals surface area contributed by atoms with E-state index in [9.17, 15) is 19.2 Å². The average molecular weight is 406 g/mol. The Morgan fingerprint density at radius 3 is 2.68 bits per heavy atom. The average Bonchev–Trinajstić information content (AvgIpc) is 3.16. The molecule has 3 amide bonds. The maximum Gasteiger partial charge on any atom is 0.349 e. The van der Waals surface area contributed by atoms with Gasteiger partial charge in [0, 0.05) is 18.5 Å². The summed E-state index contributed by atoms with van der Waals surface area (Å²) in [5.41, 5.74) is -0.159. The number of aryl methyl sites for hydroxylation is 2. The minimum Gasteiger partial charge on any atom is -0.451 e. The normalized spacial score (nSPS) is 13.3. The summed E-state index contributed by atoms with van der Waals surface area (Å²) in [5.74, 6) is -0.745. The number of fused-ring (bicyclic) bond motifs is 2. The molecule has 0 aromatic carbocycles. The molecule has 0 saturated carbocycles. The maximum absolute atomic E-state index is 12.6. The van der Waals surface area contributed by atoms with Gasteiger partial charge in [-0.3, -0.25) is 19.5 Å². The first-order chi connectivity index (χ1) is 13.1. The van der Waals surface area contributed by atoms with Crippen LogP contribution in [0.4, 0.5) is 4.79 Å².